The molecule has 24 heavy (non-hydrogen) atoms. The van der Waals surface area contributed by atoms with Crippen LogP contribution < -0.4 is 10.6 Å². The van der Waals surface area contributed by atoms with Crippen LogP contribution in [0.4, 0.5) is 4.79 Å². The van der Waals surface area contributed by atoms with Gasteiger partial charge in [-0.1, -0.05) is 27.2 Å². The molecule has 0 aliphatic carbocycles. The Morgan fingerprint density at radius 2 is 1.62 bits per heavy atom. The third-order valence-corrected chi connectivity index (χ3v) is 5.61. The molecule has 0 aromatic rings. The summed E-state index contributed by atoms with van der Waals surface area (Å²) >= 11 is 1.95. The fourth-order valence-electron chi connectivity index (χ4n) is 2.44. The molecule has 4 nitrogen and oxygen atoms in total. The second kappa shape index (κ2) is 13.8. The van der Waals surface area contributed by atoms with Crippen molar-refractivity contribution in [1.82, 2.24) is 10.6 Å². The molecule has 0 heterocycles. The van der Waals surface area contributed by atoms with Crippen LogP contribution in [-0.2, 0) is 0 Å². The van der Waals surface area contributed by atoms with Gasteiger partial charge in [-0.25, -0.2) is 4.79 Å². The number of carbonyl (C=O) groups excluding carboxylic acids is 1. The Morgan fingerprint density at radius 3 is 2.25 bits per heavy atom. The highest BCUT2D eigenvalue weighted by Gasteiger charge is 2.09. The quantitative estimate of drug-likeness (QED) is 0.363. The van der Waals surface area contributed by atoms with Crippen LogP contribution in [0.25, 0.3) is 0 Å². The van der Waals surface area contributed by atoms with E-state index in [1.54, 1.807) is 0 Å². The normalized spacial score (nSPS) is 14.2. The Hall–Kier alpha value is -0.420. The van der Waals surface area contributed by atoms with Gasteiger partial charge in [-0.3, -0.25) is 0 Å². The molecule has 0 radical (unpaired) electrons. The van der Waals surface area contributed by atoms with E-state index in [0.29, 0.717) is 0 Å². The zero-order valence-electron chi connectivity index (χ0n) is 17.0. The van der Waals surface area contributed by atoms with Crippen molar-refractivity contribution in [2.75, 3.05) is 52.3 Å². The molecule has 0 aliphatic heterocycles. The molecule has 0 fully saturated rings. The molecule has 5 heteroatoms. The standard InChI is InChI=1S/C19H41N3OS/c1-7-17(2)10-8-12-20-19(23)21-13-15-24-16-18(3)11-9-14-22(4,5)6/h17-18H,7-16H2,1-6H3,(H-,20,21,23)/p+1. The number of quaternary nitrogens is 1. The largest absolute Gasteiger partial charge is 0.338 e. The number of rotatable bonds is 14. The summed E-state index contributed by atoms with van der Waals surface area (Å²) < 4.78 is 1.05. The molecule has 2 N–H and O–H groups in total. The average molecular weight is 361 g/mol. The maximum Gasteiger partial charge on any atom is 0.314 e. The molecule has 0 saturated carbocycles. The van der Waals surface area contributed by atoms with Gasteiger partial charge >= 0.3 is 6.03 Å². The first-order valence-electron chi connectivity index (χ1n) is 9.64. The Kier molecular flexibility index (Phi) is 13.6. The topological polar surface area (TPSA) is 41.1 Å². The van der Waals surface area contributed by atoms with Crippen molar-refractivity contribution in [3.8, 4) is 0 Å². The van der Waals surface area contributed by atoms with Gasteiger partial charge in [0.05, 0.1) is 27.7 Å². The van der Waals surface area contributed by atoms with Crippen molar-refractivity contribution in [3.63, 3.8) is 0 Å². The smallest absolute Gasteiger partial charge is 0.314 e. The Bertz CT molecular complexity index is 318. The monoisotopic (exact) mass is 360 g/mol. The van der Waals surface area contributed by atoms with Crippen LogP contribution in [0.2, 0.25) is 0 Å². The highest BCUT2D eigenvalue weighted by atomic mass is 32.2. The van der Waals surface area contributed by atoms with Crippen molar-refractivity contribution in [3.05, 3.63) is 0 Å². The number of thioether (sulfide) groups is 1. The molecule has 0 aliphatic rings. The summed E-state index contributed by atoms with van der Waals surface area (Å²) in [5, 5.41) is 5.89. The zero-order chi connectivity index (χ0) is 18.4. The predicted octanol–water partition coefficient (Wildman–Crippen LogP) is 3.97. The van der Waals surface area contributed by atoms with Crippen LogP contribution in [0.15, 0.2) is 0 Å². The van der Waals surface area contributed by atoms with Crippen molar-refractivity contribution >= 4 is 17.8 Å². The predicted molar refractivity (Wildman–Crippen MR) is 109 cm³/mol. The summed E-state index contributed by atoms with van der Waals surface area (Å²) in [6.07, 6.45) is 6.08. The van der Waals surface area contributed by atoms with Gasteiger partial charge in [0, 0.05) is 18.8 Å². The van der Waals surface area contributed by atoms with Gasteiger partial charge in [-0.05, 0) is 43.3 Å². The van der Waals surface area contributed by atoms with E-state index in [1.807, 2.05) is 11.8 Å². The molecule has 0 spiro atoms. The van der Waals surface area contributed by atoms with Crippen molar-refractivity contribution in [1.29, 1.82) is 0 Å². The van der Waals surface area contributed by atoms with E-state index in [0.717, 1.165) is 41.6 Å². The summed E-state index contributed by atoms with van der Waals surface area (Å²) in [4.78, 5) is 11.7. The van der Waals surface area contributed by atoms with E-state index in [-0.39, 0.29) is 6.03 Å². The number of nitrogens with one attached hydrogen (secondary N) is 2. The average Bonchev–Trinajstić information content (AvgIpc) is 2.49. The molecule has 2 amide bonds. The summed E-state index contributed by atoms with van der Waals surface area (Å²) in [6.45, 7) is 9.60. The van der Waals surface area contributed by atoms with Crippen LogP contribution >= 0.6 is 11.8 Å². The summed E-state index contributed by atoms with van der Waals surface area (Å²) in [5.74, 6) is 3.71. The van der Waals surface area contributed by atoms with Crippen LogP contribution in [0.5, 0.6) is 0 Å². The Morgan fingerprint density at radius 1 is 1.00 bits per heavy atom. The Labute approximate surface area is 155 Å². The number of carbonyl (C=O) groups is 1. The lowest BCUT2D eigenvalue weighted by Gasteiger charge is -2.24. The van der Waals surface area contributed by atoms with Crippen LogP contribution in [-0.4, -0.2) is 62.8 Å². The lowest BCUT2D eigenvalue weighted by molar-refractivity contribution is -0.870. The van der Waals surface area contributed by atoms with Crippen molar-refractivity contribution < 1.29 is 9.28 Å². The first kappa shape index (κ1) is 23.6. The van der Waals surface area contributed by atoms with Gasteiger partial charge in [-0.15, -0.1) is 0 Å². The highest BCUT2D eigenvalue weighted by molar-refractivity contribution is 7.99. The first-order chi connectivity index (χ1) is 11.2. The molecule has 2 atom stereocenters. The zero-order valence-corrected chi connectivity index (χ0v) is 17.8. The molecule has 2 unspecified atom stereocenters. The molecule has 0 bridgehead atoms. The summed E-state index contributed by atoms with van der Waals surface area (Å²) in [7, 11) is 6.75. The Balaban J connectivity index is 3.43. The first-order valence-corrected chi connectivity index (χ1v) is 10.8. The molecule has 0 aromatic carbocycles. The molecular formula is C19H42N3OS+. The van der Waals surface area contributed by atoms with E-state index in [9.17, 15) is 4.79 Å². The summed E-state index contributed by atoms with van der Waals surface area (Å²) in [5.41, 5.74) is 0. The fourth-order valence-corrected chi connectivity index (χ4v) is 3.42. The second-order valence-corrected chi connectivity index (χ2v) is 9.32. The van der Waals surface area contributed by atoms with Gasteiger partial charge in [0.2, 0.25) is 0 Å². The number of nitrogens with zero attached hydrogens (tertiary/aromatic N) is 1. The number of hydrogen-bond acceptors (Lipinski definition) is 2. The third-order valence-electron chi connectivity index (χ3n) is 4.32. The number of urea groups is 1. The molecule has 144 valence electrons. The molecule has 0 saturated heterocycles. The summed E-state index contributed by atoms with van der Waals surface area (Å²) in [6, 6.07) is -0.0178. The minimum atomic E-state index is -0.0178. The van der Waals surface area contributed by atoms with Gasteiger partial charge < -0.3 is 15.1 Å². The third kappa shape index (κ3) is 16.4. The highest BCUT2D eigenvalue weighted by Crippen LogP contribution is 2.14. The minimum Gasteiger partial charge on any atom is -0.338 e. The fraction of sp³-hybridized carbons (Fsp3) is 0.947. The maximum absolute atomic E-state index is 11.7. The maximum atomic E-state index is 11.7. The lowest BCUT2D eigenvalue weighted by Crippen LogP contribution is -2.37. The van der Waals surface area contributed by atoms with Crippen molar-refractivity contribution in [2.45, 2.75) is 52.9 Å². The minimum absolute atomic E-state index is 0.0178. The SMILES string of the molecule is CCC(C)CCCNC(=O)NCCSCC(C)CCC[N+](C)(C)C. The van der Waals surface area contributed by atoms with E-state index in [4.69, 9.17) is 0 Å². The van der Waals surface area contributed by atoms with E-state index in [1.165, 1.54) is 38.0 Å². The van der Waals surface area contributed by atoms with Crippen LogP contribution in [0, 0.1) is 11.8 Å². The van der Waals surface area contributed by atoms with Crippen molar-refractivity contribution in [2.24, 2.45) is 11.8 Å². The number of amides is 2. The van der Waals surface area contributed by atoms with Gasteiger partial charge in [0.25, 0.3) is 0 Å². The van der Waals surface area contributed by atoms with Gasteiger partial charge in [0.1, 0.15) is 0 Å². The van der Waals surface area contributed by atoms with Crippen LogP contribution in [0.3, 0.4) is 0 Å². The van der Waals surface area contributed by atoms with E-state index >= 15 is 0 Å². The second-order valence-electron chi connectivity index (χ2n) is 8.17. The molecular weight excluding hydrogens is 318 g/mol. The van der Waals surface area contributed by atoms with E-state index < -0.39 is 0 Å². The molecule has 0 rings (SSSR count). The van der Waals surface area contributed by atoms with Gasteiger partial charge in [-0.2, -0.15) is 11.8 Å². The number of hydrogen-bond donors (Lipinski definition) is 2. The van der Waals surface area contributed by atoms with Crippen LogP contribution in [0.1, 0.15) is 52.9 Å². The lowest BCUT2D eigenvalue weighted by atomic mass is 10.0. The van der Waals surface area contributed by atoms with Gasteiger partial charge in [0.15, 0.2) is 0 Å². The molecule has 0 aromatic heterocycles. The van der Waals surface area contributed by atoms with E-state index in [2.05, 4.69) is 52.5 Å².